The maximum Gasteiger partial charge on any atom is 0.186 e. The molecule has 0 saturated heterocycles. The van der Waals surface area contributed by atoms with Gasteiger partial charge in [-0.15, -0.1) is 0 Å². The van der Waals surface area contributed by atoms with Crippen molar-refractivity contribution in [2.75, 3.05) is 0 Å². The number of fused-ring (bicyclic) bond motifs is 1. The van der Waals surface area contributed by atoms with Crippen LogP contribution in [0.25, 0.3) is 0 Å². The molecule has 0 atom stereocenters. The minimum Gasteiger partial charge on any atom is -0.290 e. The highest BCUT2D eigenvalue weighted by Crippen LogP contribution is 2.20. The average Bonchev–Trinajstić information content (AvgIpc) is 2.07. The molecule has 0 bridgehead atoms. The Hall–Kier alpha value is -1.70. The fourth-order valence-electron chi connectivity index (χ4n) is 1.22. The molecule has 2 heteroatoms. The third-order valence-electron chi connectivity index (χ3n) is 1.81. The Labute approximate surface area is 69.6 Å². The Balaban J connectivity index is 2.53. The summed E-state index contributed by atoms with van der Waals surface area (Å²) in [6.45, 7) is 0. The van der Waals surface area contributed by atoms with E-state index in [2.05, 4.69) is 0 Å². The predicted molar refractivity (Wildman–Crippen MR) is 44.5 cm³/mol. The second-order valence-electron chi connectivity index (χ2n) is 2.64. The number of carbonyl (C=O) groups is 2. The van der Waals surface area contributed by atoms with Crippen molar-refractivity contribution in [1.29, 1.82) is 0 Å². The topological polar surface area (TPSA) is 34.1 Å². The van der Waals surface area contributed by atoms with Gasteiger partial charge in [-0.3, -0.25) is 9.59 Å². The van der Waals surface area contributed by atoms with Gasteiger partial charge in [0.15, 0.2) is 11.6 Å². The second-order valence-corrected chi connectivity index (χ2v) is 2.64. The van der Waals surface area contributed by atoms with Crippen LogP contribution in [0.4, 0.5) is 0 Å². The van der Waals surface area contributed by atoms with Crippen LogP contribution in [0.15, 0.2) is 47.6 Å². The average molecular weight is 158 g/mol. The maximum absolute atomic E-state index is 11.2. The molecule has 0 radical (unpaired) electrons. The van der Waals surface area contributed by atoms with Crippen molar-refractivity contribution in [2.24, 2.45) is 0 Å². The van der Waals surface area contributed by atoms with Crippen molar-refractivity contribution in [1.82, 2.24) is 0 Å². The first-order valence-electron chi connectivity index (χ1n) is 3.64. The van der Waals surface area contributed by atoms with Crippen molar-refractivity contribution >= 4 is 11.6 Å². The summed E-state index contributed by atoms with van der Waals surface area (Å²) in [5, 5.41) is 0. The summed E-state index contributed by atoms with van der Waals surface area (Å²) in [6.07, 6.45) is 9.46. The van der Waals surface area contributed by atoms with E-state index in [1.54, 1.807) is 12.2 Å². The SMILES string of the molecule is O=C1C=CC2=CC=CC(=O)C2=C1. The van der Waals surface area contributed by atoms with Gasteiger partial charge in [-0.1, -0.05) is 18.2 Å². The molecule has 2 aliphatic carbocycles. The lowest BCUT2D eigenvalue weighted by Gasteiger charge is -2.10. The summed E-state index contributed by atoms with van der Waals surface area (Å²) in [5.41, 5.74) is 1.33. The molecule has 2 rings (SSSR count). The highest BCUT2D eigenvalue weighted by molar-refractivity contribution is 6.16. The number of rotatable bonds is 0. The molecule has 0 aromatic rings. The summed E-state index contributed by atoms with van der Waals surface area (Å²) < 4.78 is 0. The van der Waals surface area contributed by atoms with Crippen molar-refractivity contribution in [3.63, 3.8) is 0 Å². The van der Waals surface area contributed by atoms with E-state index in [1.165, 1.54) is 18.2 Å². The Bertz CT molecular complexity index is 379. The first-order valence-corrected chi connectivity index (χ1v) is 3.64. The van der Waals surface area contributed by atoms with Gasteiger partial charge >= 0.3 is 0 Å². The molecule has 0 aromatic carbocycles. The molecule has 0 heterocycles. The van der Waals surface area contributed by atoms with Gasteiger partial charge in [-0.2, -0.15) is 0 Å². The molecular formula is C10H6O2. The van der Waals surface area contributed by atoms with Crippen LogP contribution in [0.3, 0.4) is 0 Å². The van der Waals surface area contributed by atoms with Gasteiger partial charge in [-0.25, -0.2) is 0 Å². The largest absolute Gasteiger partial charge is 0.290 e. The van der Waals surface area contributed by atoms with E-state index in [1.807, 2.05) is 6.08 Å². The van der Waals surface area contributed by atoms with E-state index in [0.29, 0.717) is 5.57 Å². The second kappa shape index (κ2) is 2.41. The van der Waals surface area contributed by atoms with E-state index in [-0.39, 0.29) is 11.6 Å². The summed E-state index contributed by atoms with van der Waals surface area (Å²) in [4.78, 5) is 22.1. The molecular weight excluding hydrogens is 152 g/mol. The number of carbonyl (C=O) groups excluding carboxylic acids is 2. The van der Waals surface area contributed by atoms with Crippen LogP contribution >= 0.6 is 0 Å². The number of hydrogen-bond acceptors (Lipinski definition) is 2. The fourth-order valence-corrected chi connectivity index (χ4v) is 1.22. The molecule has 12 heavy (non-hydrogen) atoms. The van der Waals surface area contributed by atoms with E-state index in [0.717, 1.165) is 5.57 Å². The normalized spacial score (nSPS) is 20.3. The third-order valence-corrected chi connectivity index (χ3v) is 1.81. The molecule has 0 aromatic heterocycles. The molecule has 0 amide bonds. The van der Waals surface area contributed by atoms with Crippen LogP contribution in [-0.2, 0) is 9.59 Å². The third kappa shape index (κ3) is 0.975. The van der Waals surface area contributed by atoms with E-state index < -0.39 is 0 Å². The lowest BCUT2D eigenvalue weighted by Crippen LogP contribution is -2.09. The van der Waals surface area contributed by atoms with Gasteiger partial charge in [0, 0.05) is 5.57 Å². The van der Waals surface area contributed by atoms with E-state index >= 15 is 0 Å². The Morgan fingerprint density at radius 1 is 1.00 bits per heavy atom. The van der Waals surface area contributed by atoms with Gasteiger partial charge in [0.2, 0.25) is 0 Å². The van der Waals surface area contributed by atoms with Gasteiger partial charge < -0.3 is 0 Å². The summed E-state index contributed by atoms with van der Waals surface area (Å²) >= 11 is 0. The van der Waals surface area contributed by atoms with Crippen molar-refractivity contribution in [3.05, 3.63) is 47.6 Å². The van der Waals surface area contributed by atoms with Crippen molar-refractivity contribution < 1.29 is 9.59 Å². The molecule has 0 saturated carbocycles. The minimum atomic E-state index is -0.120. The molecule has 0 N–H and O–H groups in total. The van der Waals surface area contributed by atoms with Crippen LogP contribution in [0.5, 0.6) is 0 Å². The highest BCUT2D eigenvalue weighted by atomic mass is 16.1. The summed E-state index contributed by atoms with van der Waals surface area (Å²) in [7, 11) is 0. The monoisotopic (exact) mass is 158 g/mol. The lowest BCUT2D eigenvalue weighted by molar-refractivity contribution is -0.113. The van der Waals surface area contributed by atoms with Gasteiger partial charge in [-0.05, 0) is 23.8 Å². The quantitative estimate of drug-likeness (QED) is 0.529. The predicted octanol–water partition coefficient (Wildman–Crippen LogP) is 1.12. The Morgan fingerprint density at radius 3 is 2.67 bits per heavy atom. The molecule has 2 nitrogen and oxygen atoms in total. The van der Waals surface area contributed by atoms with Gasteiger partial charge in [0.25, 0.3) is 0 Å². The van der Waals surface area contributed by atoms with Crippen molar-refractivity contribution in [2.45, 2.75) is 0 Å². The van der Waals surface area contributed by atoms with Crippen LogP contribution in [0.1, 0.15) is 0 Å². The first kappa shape index (κ1) is 6.98. The fraction of sp³-hybridized carbons (Fsp3) is 0. The van der Waals surface area contributed by atoms with Gasteiger partial charge in [0.1, 0.15) is 0 Å². The lowest BCUT2D eigenvalue weighted by atomic mass is 9.92. The zero-order valence-electron chi connectivity index (χ0n) is 6.28. The summed E-state index contributed by atoms with van der Waals surface area (Å²) in [6, 6.07) is 0. The molecule has 2 aliphatic rings. The smallest absolute Gasteiger partial charge is 0.186 e. The van der Waals surface area contributed by atoms with Crippen LogP contribution in [0.2, 0.25) is 0 Å². The van der Waals surface area contributed by atoms with Crippen molar-refractivity contribution in [3.8, 4) is 0 Å². The molecule has 0 fully saturated rings. The Kier molecular flexibility index (Phi) is 1.40. The number of ketones is 2. The van der Waals surface area contributed by atoms with Crippen LogP contribution in [-0.4, -0.2) is 11.6 Å². The summed E-state index contributed by atoms with van der Waals surface area (Å²) in [5.74, 6) is -0.212. The van der Waals surface area contributed by atoms with E-state index in [9.17, 15) is 9.59 Å². The zero-order chi connectivity index (χ0) is 8.55. The maximum atomic E-state index is 11.2. The molecule has 0 unspecified atom stereocenters. The highest BCUT2D eigenvalue weighted by Gasteiger charge is 2.16. The number of hydrogen-bond donors (Lipinski definition) is 0. The minimum absolute atomic E-state index is 0.0924. The number of allylic oxidation sites excluding steroid dienone is 8. The standard InChI is InChI=1S/C10H6O2/c11-8-5-4-7-2-1-3-10(12)9(7)6-8/h1-6H. The van der Waals surface area contributed by atoms with Gasteiger partial charge in [0.05, 0.1) is 0 Å². The molecule has 58 valence electrons. The van der Waals surface area contributed by atoms with Crippen LogP contribution < -0.4 is 0 Å². The van der Waals surface area contributed by atoms with Crippen LogP contribution in [0, 0.1) is 0 Å². The van der Waals surface area contributed by atoms with E-state index in [4.69, 9.17) is 0 Å². The Morgan fingerprint density at radius 2 is 1.83 bits per heavy atom. The molecule has 0 spiro atoms. The molecule has 0 aliphatic heterocycles. The first-order chi connectivity index (χ1) is 5.77. The zero-order valence-corrected chi connectivity index (χ0v) is 6.28.